The first kappa shape index (κ1) is 22.1. The highest BCUT2D eigenvalue weighted by Gasteiger charge is 2.42. The number of fused-ring (bicyclic) bond motifs is 1. The van der Waals surface area contributed by atoms with Crippen molar-refractivity contribution in [3.05, 3.63) is 68.5 Å². The largest absolute Gasteiger partial charge is 0.493 e. The summed E-state index contributed by atoms with van der Waals surface area (Å²) in [6.45, 7) is 1.84. The minimum atomic E-state index is -5.37. The number of hydrogen-bond acceptors (Lipinski definition) is 7. The lowest BCUT2D eigenvalue weighted by molar-refractivity contribution is -0.201. The van der Waals surface area contributed by atoms with Gasteiger partial charge in [0.05, 0.1) is 17.9 Å². The van der Waals surface area contributed by atoms with Crippen molar-refractivity contribution in [3.8, 4) is 28.6 Å². The fraction of sp³-hybridized carbons (Fsp3) is 0.238. The third kappa shape index (κ3) is 4.06. The molecule has 1 aliphatic heterocycles. The summed E-state index contributed by atoms with van der Waals surface area (Å²) in [7, 11) is 1.24. The second-order valence-corrected chi connectivity index (χ2v) is 7.11. The number of carbonyl (C=O) groups excluding carboxylic acids is 1. The summed E-state index contributed by atoms with van der Waals surface area (Å²) in [5, 5.41) is 0. The first-order valence-electron chi connectivity index (χ1n) is 9.59. The second kappa shape index (κ2) is 8.11. The summed E-state index contributed by atoms with van der Waals surface area (Å²) < 4.78 is 49.5. The number of aromatic nitrogens is 3. The first-order valence-corrected chi connectivity index (χ1v) is 9.59. The van der Waals surface area contributed by atoms with Gasteiger partial charge in [0.1, 0.15) is 11.5 Å². The fourth-order valence-corrected chi connectivity index (χ4v) is 3.41. The van der Waals surface area contributed by atoms with E-state index >= 15 is 0 Å². The summed E-state index contributed by atoms with van der Waals surface area (Å²) in [6.07, 6.45) is -3.15. The molecular weight excluding hydrogens is 447 g/mol. The van der Waals surface area contributed by atoms with E-state index in [9.17, 15) is 27.6 Å². The minimum Gasteiger partial charge on any atom is -0.493 e. The van der Waals surface area contributed by atoms with Crippen molar-refractivity contribution >= 4 is 5.97 Å². The Balaban J connectivity index is 1.66. The standard InChI is InChI=1S/C21H16F3N3O6/c1-11-16(26(2)20(30)27(18(11)28)33-19(29)21(22,23)24)12-3-5-13(6-4-12)32-17-14-8-10-31-15(14)7-9-25-17/h3-7,9H,8,10H2,1-2H3. The van der Waals surface area contributed by atoms with Gasteiger partial charge in [0.2, 0.25) is 5.88 Å². The van der Waals surface area contributed by atoms with E-state index in [1.807, 2.05) is 0 Å². The molecule has 0 atom stereocenters. The topological polar surface area (TPSA) is 102 Å². The number of ether oxygens (including phenoxy) is 2. The number of benzene rings is 1. The minimum absolute atomic E-state index is 0.0968. The Morgan fingerprint density at radius 3 is 2.52 bits per heavy atom. The molecule has 0 amide bonds. The van der Waals surface area contributed by atoms with Crippen molar-refractivity contribution in [3.63, 3.8) is 0 Å². The van der Waals surface area contributed by atoms with Crippen LogP contribution >= 0.6 is 0 Å². The van der Waals surface area contributed by atoms with Gasteiger partial charge < -0.3 is 14.3 Å². The Kier molecular flexibility index (Phi) is 5.44. The Morgan fingerprint density at radius 1 is 1.15 bits per heavy atom. The third-order valence-corrected chi connectivity index (χ3v) is 4.99. The van der Waals surface area contributed by atoms with Crippen LogP contribution in [0.5, 0.6) is 17.4 Å². The molecule has 1 aromatic carbocycles. The molecule has 3 aromatic rings. The Labute approximate surface area is 183 Å². The number of alkyl halides is 3. The number of carbonyl (C=O) groups is 1. The highest BCUT2D eigenvalue weighted by Crippen LogP contribution is 2.34. The highest BCUT2D eigenvalue weighted by molar-refractivity contribution is 5.75. The molecule has 0 aliphatic carbocycles. The molecule has 0 saturated carbocycles. The maximum absolute atomic E-state index is 12.5. The zero-order chi connectivity index (χ0) is 23.9. The van der Waals surface area contributed by atoms with Gasteiger partial charge >= 0.3 is 17.8 Å². The normalized spacial score (nSPS) is 12.8. The molecule has 2 aromatic heterocycles. The van der Waals surface area contributed by atoms with Crippen molar-refractivity contribution in [2.75, 3.05) is 6.61 Å². The zero-order valence-corrected chi connectivity index (χ0v) is 17.3. The second-order valence-electron chi connectivity index (χ2n) is 7.11. The molecule has 0 unspecified atom stereocenters. The van der Waals surface area contributed by atoms with Crippen LogP contribution in [0, 0.1) is 6.92 Å². The Hall–Kier alpha value is -4.09. The molecule has 0 spiro atoms. The van der Waals surface area contributed by atoms with Crippen LogP contribution in [0.25, 0.3) is 11.3 Å². The lowest BCUT2D eigenvalue weighted by Crippen LogP contribution is -2.48. The maximum Gasteiger partial charge on any atom is 0.493 e. The van der Waals surface area contributed by atoms with E-state index in [4.69, 9.17) is 9.47 Å². The molecule has 33 heavy (non-hydrogen) atoms. The van der Waals surface area contributed by atoms with Crippen LogP contribution < -0.4 is 25.6 Å². The molecule has 1 aliphatic rings. The summed E-state index contributed by atoms with van der Waals surface area (Å²) in [5.74, 6) is -1.15. The van der Waals surface area contributed by atoms with Crippen molar-refractivity contribution < 1.29 is 32.3 Å². The number of halogens is 3. The summed E-state index contributed by atoms with van der Waals surface area (Å²) >= 11 is 0. The van der Waals surface area contributed by atoms with Crippen molar-refractivity contribution in [1.82, 2.24) is 14.3 Å². The lowest BCUT2D eigenvalue weighted by atomic mass is 10.1. The van der Waals surface area contributed by atoms with E-state index in [-0.39, 0.29) is 16.0 Å². The van der Waals surface area contributed by atoms with Crippen LogP contribution in [-0.2, 0) is 18.3 Å². The van der Waals surface area contributed by atoms with Crippen LogP contribution in [0.15, 0.2) is 46.1 Å². The summed E-state index contributed by atoms with van der Waals surface area (Å²) in [5.41, 5.74) is -1.13. The van der Waals surface area contributed by atoms with Gasteiger partial charge in [-0.3, -0.25) is 9.36 Å². The molecule has 172 valence electrons. The number of rotatable bonds is 4. The van der Waals surface area contributed by atoms with Crippen molar-refractivity contribution in [2.45, 2.75) is 19.5 Å². The fourth-order valence-electron chi connectivity index (χ4n) is 3.41. The van der Waals surface area contributed by atoms with Crippen molar-refractivity contribution in [1.29, 1.82) is 0 Å². The van der Waals surface area contributed by atoms with Gasteiger partial charge in [0.25, 0.3) is 5.56 Å². The third-order valence-electron chi connectivity index (χ3n) is 4.99. The van der Waals surface area contributed by atoms with E-state index in [0.717, 1.165) is 10.1 Å². The average molecular weight is 463 g/mol. The van der Waals surface area contributed by atoms with Gasteiger partial charge in [-0.05, 0) is 42.8 Å². The number of nitrogens with zero attached hydrogens (tertiary/aromatic N) is 3. The molecule has 0 bridgehead atoms. The van der Waals surface area contributed by atoms with E-state index < -0.39 is 23.4 Å². The van der Waals surface area contributed by atoms with Crippen LogP contribution in [-0.4, -0.2) is 33.0 Å². The van der Waals surface area contributed by atoms with Crippen LogP contribution in [0.3, 0.4) is 0 Å². The van der Waals surface area contributed by atoms with Crippen LogP contribution in [0.4, 0.5) is 13.2 Å². The predicted octanol–water partition coefficient (Wildman–Crippen LogP) is 2.16. The molecule has 4 rings (SSSR count). The quantitative estimate of drug-likeness (QED) is 0.585. The molecule has 3 heterocycles. The van der Waals surface area contributed by atoms with Gasteiger partial charge in [-0.2, -0.15) is 13.2 Å². The smallest absolute Gasteiger partial charge is 0.493 e. The van der Waals surface area contributed by atoms with Gasteiger partial charge in [-0.25, -0.2) is 14.6 Å². The zero-order valence-electron chi connectivity index (χ0n) is 17.3. The van der Waals surface area contributed by atoms with Crippen molar-refractivity contribution in [2.24, 2.45) is 7.05 Å². The van der Waals surface area contributed by atoms with Gasteiger partial charge in [0.15, 0.2) is 0 Å². The predicted molar refractivity (Wildman–Crippen MR) is 107 cm³/mol. The molecule has 0 N–H and O–H groups in total. The molecule has 0 fully saturated rings. The number of hydrogen-bond donors (Lipinski definition) is 0. The van der Waals surface area contributed by atoms with E-state index in [0.29, 0.717) is 36.0 Å². The number of pyridine rings is 1. The van der Waals surface area contributed by atoms with Crippen LogP contribution in [0.1, 0.15) is 11.1 Å². The Bertz CT molecular complexity index is 1320. The first-order chi connectivity index (χ1) is 15.6. The van der Waals surface area contributed by atoms with Gasteiger partial charge in [-0.15, -0.1) is 0 Å². The molecular formula is C21H16F3N3O6. The van der Waals surface area contributed by atoms with Gasteiger partial charge in [-0.1, -0.05) is 4.73 Å². The molecule has 9 nitrogen and oxygen atoms in total. The molecule has 0 radical (unpaired) electrons. The maximum atomic E-state index is 12.5. The molecule has 12 heteroatoms. The average Bonchev–Trinajstić information content (AvgIpc) is 3.26. The van der Waals surface area contributed by atoms with E-state index in [2.05, 4.69) is 9.82 Å². The summed E-state index contributed by atoms with van der Waals surface area (Å²) in [6, 6.07) is 8.07. The summed E-state index contributed by atoms with van der Waals surface area (Å²) in [4.78, 5) is 44.2. The highest BCUT2D eigenvalue weighted by atomic mass is 19.4. The van der Waals surface area contributed by atoms with E-state index in [1.54, 1.807) is 36.5 Å². The van der Waals surface area contributed by atoms with Crippen LogP contribution in [0.2, 0.25) is 0 Å². The Morgan fingerprint density at radius 2 is 1.85 bits per heavy atom. The van der Waals surface area contributed by atoms with E-state index in [1.165, 1.54) is 14.0 Å². The SMILES string of the molecule is Cc1c(-c2ccc(Oc3nccc4c3CCO4)cc2)n(C)c(=O)n(OC(=O)C(F)(F)F)c1=O. The molecule has 0 saturated heterocycles. The monoisotopic (exact) mass is 463 g/mol. The van der Waals surface area contributed by atoms with Gasteiger partial charge in [0, 0.05) is 25.2 Å². The lowest BCUT2D eigenvalue weighted by Gasteiger charge is -2.15.